The van der Waals surface area contributed by atoms with E-state index in [9.17, 15) is 10.2 Å². The zero-order valence-corrected chi connectivity index (χ0v) is 28.3. The fourth-order valence-electron chi connectivity index (χ4n) is 7.07. The highest BCUT2D eigenvalue weighted by molar-refractivity contribution is 5.37. The Morgan fingerprint density at radius 2 is 1.23 bits per heavy atom. The summed E-state index contributed by atoms with van der Waals surface area (Å²) >= 11 is 0. The first-order chi connectivity index (χ1) is 20.0. The lowest BCUT2D eigenvalue weighted by Gasteiger charge is -2.39. The van der Waals surface area contributed by atoms with Gasteiger partial charge >= 0.3 is 0 Å². The summed E-state index contributed by atoms with van der Waals surface area (Å²) in [7, 11) is 0. The molecule has 1 saturated heterocycles. The molecule has 3 heteroatoms. The molecule has 5 atom stereocenters. The standard InChI is InChI=1S/C40H56O3/c1-29(17-13-19-31(3)21-22-36-33(5)25-34(41)26-37(36,6)7)15-11-12-16-30(2)18-14-20-32(4)23-24-40-38(8,9)27-35(42)28-39(40,10)43-40/h11-25,34-36,41-42H,26-28H2,1-10H3/b12-11+,17-13+,18-14+,22-21+,24-23+,29-15+,30-16+,31-19+,32-20+/t34-,35+,36-,39?,40?/m0/s1. The Morgan fingerprint density at radius 3 is 1.77 bits per heavy atom. The van der Waals surface area contributed by atoms with Crippen LogP contribution in [0.15, 0.2) is 119 Å². The second kappa shape index (κ2) is 13.9. The fraction of sp³-hybridized carbons (Fsp3) is 0.500. The van der Waals surface area contributed by atoms with E-state index in [0.29, 0.717) is 12.3 Å². The molecule has 0 aromatic rings. The van der Waals surface area contributed by atoms with Gasteiger partial charge in [-0.3, -0.25) is 0 Å². The molecular formula is C40H56O3. The van der Waals surface area contributed by atoms with Crippen LogP contribution in [0, 0.1) is 16.7 Å². The topological polar surface area (TPSA) is 53.0 Å². The van der Waals surface area contributed by atoms with E-state index in [4.69, 9.17) is 4.74 Å². The number of ether oxygens (including phenoxy) is 1. The molecule has 0 bridgehead atoms. The van der Waals surface area contributed by atoms with Gasteiger partial charge in [-0.25, -0.2) is 0 Å². The maximum atomic E-state index is 10.2. The molecule has 234 valence electrons. The summed E-state index contributed by atoms with van der Waals surface area (Å²) in [5.41, 5.74) is 5.38. The van der Waals surface area contributed by atoms with Crippen LogP contribution in [-0.4, -0.2) is 33.6 Å². The van der Waals surface area contributed by atoms with Crippen LogP contribution in [0.25, 0.3) is 0 Å². The molecule has 2 N–H and O–H groups in total. The van der Waals surface area contributed by atoms with Gasteiger partial charge in [-0.1, -0.05) is 141 Å². The molecule has 2 unspecified atom stereocenters. The molecule has 1 aliphatic heterocycles. The number of epoxide rings is 1. The molecule has 0 aromatic carbocycles. The van der Waals surface area contributed by atoms with Gasteiger partial charge in [-0.2, -0.15) is 0 Å². The third-order valence-electron chi connectivity index (χ3n) is 9.43. The zero-order valence-electron chi connectivity index (χ0n) is 28.3. The Morgan fingerprint density at radius 1 is 0.721 bits per heavy atom. The molecule has 0 spiro atoms. The number of aliphatic hydroxyl groups is 2. The van der Waals surface area contributed by atoms with E-state index in [0.717, 1.165) is 12.8 Å². The third-order valence-corrected chi connectivity index (χ3v) is 9.43. The van der Waals surface area contributed by atoms with E-state index in [-0.39, 0.29) is 34.2 Å². The predicted molar refractivity (Wildman–Crippen MR) is 184 cm³/mol. The number of aliphatic hydroxyl groups excluding tert-OH is 2. The van der Waals surface area contributed by atoms with Gasteiger partial charge in [0, 0.05) is 17.8 Å². The van der Waals surface area contributed by atoms with Gasteiger partial charge < -0.3 is 14.9 Å². The number of rotatable bonds is 10. The van der Waals surface area contributed by atoms with Crippen molar-refractivity contribution < 1.29 is 14.9 Å². The minimum absolute atomic E-state index is 0.0547. The van der Waals surface area contributed by atoms with E-state index >= 15 is 0 Å². The van der Waals surface area contributed by atoms with Crippen LogP contribution < -0.4 is 0 Å². The number of fused-ring (bicyclic) bond motifs is 1. The molecule has 1 saturated carbocycles. The average Bonchev–Trinajstić information content (AvgIpc) is 3.49. The van der Waals surface area contributed by atoms with Crippen LogP contribution in [-0.2, 0) is 4.74 Å². The predicted octanol–water partition coefficient (Wildman–Crippen LogP) is 9.61. The van der Waals surface area contributed by atoms with Crippen molar-refractivity contribution >= 4 is 0 Å². The molecule has 0 amide bonds. The Balaban J connectivity index is 1.49. The Bertz CT molecular complexity index is 1320. The van der Waals surface area contributed by atoms with Gasteiger partial charge in [-0.05, 0) is 65.9 Å². The van der Waals surface area contributed by atoms with Gasteiger partial charge in [0.2, 0.25) is 0 Å². The zero-order chi connectivity index (χ0) is 32.1. The van der Waals surface area contributed by atoms with Crippen LogP contribution in [0.3, 0.4) is 0 Å². The van der Waals surface area contributed by atoms with Crippen molar-refractivity contribution in [1.82, 2.24) is 0 Å². The van der Waals surface area contributed by atoms with Crippen LogP contribution in [0.4, 0.5) is 0 Å². The van der Waals surface area contributed by atoms with Crippen molar-refractivity contribution in [3.05, 3.63) is 119 Å². The van der Waals surface area contributed by atoms with Crippen molar-refractivity contribution in [2.75, 3.05) is 0 Å². The Kier molecular flexibility index (Phi) is 11.3. The summed E-state index contributed by atoms with van der Waals surface area (Å²) in [6.45, 7) is 21.5. The van der Waals surface area contributed by atoms with Crippen molar-refractivity contribution in [3.63, 3.8) is 0 Å². The normalized spacial score (nSPS) is 33.8. The van der Waals surface area contributed by atoms with Crippen LogP contribution in [0.2, 0.25) is 0 Å². The van der Waals surface area contributed by atoms with Crippen molar-refractivity contribution in [3.8, 4) is 0 Å². The first-order valence-corrected chi connectivity index (χ1v) is 15.8. The summed E-state index contributed by atoms with van der Waals surface area (Å²) < 4.78 is 6.25. The Labute approximate surface area is 262 Å². The largest absolute Gasteiger partial charge is 0.393 e. The summed E-state index contributed by atoms with van der Waals surface area (Å²) in [6, 6.07) is 0. The van der Waals surface area contributed by atoms with E-state index in [2.05, 4.69) is 154 Å². The molecule has 2 aliphatic carbocycles. The molecule has 3 rings (SSSR count). The van der Waals surface area contributed by atoms with Crippen LogP contribution >= 0.6 is 0 Å². The highest BCUT2D eigenvalue weighted by Crippen LogP contribution is 2.66. The van der Waals surface area contributed by atoms with Gasteiger partial charge in [-0.15, -0.1) is 0 Å². The smallest absolute Gasteiger partial charge is 0.121 e. The summed E-state index contributed by atoms with van der Waals surface area (Å²) in [4.78, 5) is 0. The maximum Gasteiger partial charge on any atom is 0.121 e. The minimum atomic E-state index is -0.333. The van der Waals surface area contributed by atoms with Gasteiger partial charge in [0.1, 0.15) is 11.2 Å². The lowest BCUT2D eigenvalue weighted by molar-refractivity contribution is 0.0515. The minimum Gasteiger partial charge on any atom is -0.393 e. The highest BCUT2D eigenvalue weighted by Gasteiger charge is 2.74. The van der Waals surface area contributed by atoms with Gasteiger partial charge in [0.25, 0.3) is 0 Å². The van der Waals surface area contributed by atoms with E-state index in [1.165, 1.54) is 27.9 Å². The van der Waals surface area contributed by atoms with Crippen molar-refractivity contribution in [2.45, 2.75) is 112 Å². The summed E-state index contributed by atoms with van der Waals surface area (Å²) in [5.74, 6) is 0.345. The second-order valence-electron chi connectivity index (χ2n) is 14.6. The lowest BCUT2D eigenvalue weighted by Crippen LogP contribution is -2.46. The first kappa shape index (κ1) is 34.8. The second-order valence-corrected chi connectivity index (χ2v) is 14.6. The number of allylic oxidation sites excluding steroid dienone is 18. The molecular weight excluding hydrogens is 528 g/mol. The highest BCUT2D eigenvalue weighted by atomic mass is 16.6. The monoisotopic (exact) mass is 584 g/mol. The quantitative estimate of drug-likeness (QED) is 0.153. The molecule has 0 radical (unpaired) electrons. The van der Waals surface area contributed by atoms with Gasteiger partial charge in [0.15, 0.2) is 0 Å². The fourth-order valence-corrected chi connectivity index (χ4v) is 7.07. The molecule has 43 heavy (non-hydrogen) atoms. The number of hydrogen-bond acceptors (Lipinski definition) is 3. The average molecular weight is 585 g/mol. The molecule has 0 aromatic heterocycles. The summed E-state index contributed by atoms with van der Waals surface area (Å²) in [6.07, 6.45) is 33.5. The van der Waals surface area contributed by atoms with Crippen molar-refractivity contribution in [1.29, 1.82) is 0 Å². The van der Waals surface area contributed by atoms with Gasteiger partial charge in [0.05, 0.1) is 12.2 Å². The van der Waals surface area contributed by atoms with E-state index < -0.39 is 0 Å². The molecule has 1 heterocycles. The third kappa shape index (κ3) is 8.91. The van der Waals surface area contributed by atoms with Crippen LogP contribution in [0.5, 0.6) is 0 Å². The van der Waals surface area contributed by atoms with Crippen molar-refractivity contribution in [2.24, 2.45) is 16.7 Å². The summed E-state index contributed by atoms with van der Waals surface area (Å²) in [5, 5.41) is 20.3. The SMILES string of the molecule is CC1=C[C@H](O)CC(C)(C)[C@H]1/C=C/C(C)=C/C=C/C(C)=C/C=C/C=C(C)/C=C/C=C(C)/C=C/C12OC1(C)C[C@H](O)CC2(C)C. The lowest BCUT2D eigenvalue weighted by atomic mass is 9.63. The number of hydrogen-bond donors (Lipinski definition) is 2. The first-order valence-electron chi connectivity index (χ1n) is 15.8. The molecule has 2 fully saturated rings. The van der Waals surface area contributed by atoms with E-state index in [1.807, 2.05) is 6.08 Å². The molecule has 3 nitrogen and oxygen atoms in total. The van der Waals surface area contributed by atoms with Crippen LogP contribution in [0.1, 0.15) is 88.5 Å². The maximum absolute atomic E-state index is 10.2. The van der Waals surface area contributed by atoms with E-state index in [1.54, 1.807) is 0 Å². The Hall–Kier alpha value is -2.72. The molecule has 3 aliphatic rings.